The number of hydrogen-bond donors (Lipinski definition) is 1. The molecule has 1 N–H and O–H groups in total. The van der Waals surface area contributed by atoms with Gasteiger partial charge in [-0.2, -0.15) is 17.5 Å². The molecule has 2 rings (SSSR count). The minimum Gasteiger partial charge on any atom is -0.319 e. The normalized spacial score (nSPS) is 19.8. The molecular weight excluding hydrogens is 388 g/mol. The Morgan fingerprint density at radius 3 is 2.62 bits per heavy atom. The molecule has 1 aromatic rings. The van der Waals surface area contributed by atoms with E-state index in [-0.39, 0.29) is 31.4 Å². The topological polar surface area (TPSA) is 49.4 Å². The lowest BCUT2D eigenvalue weighted by molar-refractivity contribution is -0.139. The van der Waals surface area contributed by atoms with E-state index in [1.165, 1.54) is 6.07 Å². The van der Waals surface area contributed by atoms with E-state index < -0.39 is 31.7 Å². The molecule has 0 saturated carbocycles. The van der Waals surface area contributed by atoms with Crippen molar-refractivity contribution in [3.63, 3.8) is 0 Å². The van der Waals surface area contributed by atoms with Crippen molar-refractivity contribution in [3.05, 3.63) is 28.8 Å². The highest BCUT2D eigenvalue weighted by Crippen LogP contribution is 2.39. The zero-order valence-corrected chi connectivity index (χ0v) is 15.3. The number of nitrogens with zero attached hydrogens (tertiary/aromatic N) is 1. The van der Waals surface area contributed by atoms with Gasteiger partial charge in [0.05, 0.1) is 10.6 Å². The fourth-order valence-electron chi connectivity index (χ4n) is 2.82. The second-order valence-electron chi connectivity index (χ2n) is 5.54. The minimum atomic E-state index is -4.78. The molecule has 1 fully saturated rings. The van der Waals surface area contributed by atoms with Gasteiger partial charge in [0.2, 0.25) is 10.0 Å². The van der Waals surface area contributed by atoms with Crippen molar-refractivity contribution in [2.45, 2.75) is 23.9 Å². The second kappa shape index (κ2) is 8.23. The number of alkyl halides is 3. The zero-order chi connectivity index (χ0) is 17.3. The first-order chi connectivity index (χ1) is 10.7. The molecule has 1 atom stereocenters. The van der Waals surface area contributed by atoms with Gasteiger partial charge >= 0.3 is 6.18 Å². The minimum absolute atomic E-state index is 0. The van der Waals surface area contributed by atoms with Crippen molar-refractivity contribution < 1.29 is 21.6 Å². The van der Waals surface area contributed by atoms with E-state index in [2.05, 4.69) is 5.32 Å². The molecule has 1 heterocycles. The van der Waals surface area contributed by atoms with Gasteiger partial charge in [0.1, 0.15) is 4.90 Å². The summed E-state index contributed by atoms with van der Waals surface area (Å²) in [7, 11) is -2.55. The van der Waals surface area contributed by atoms with Crippen molar-refractivity contribution in [1.29, 1.82) is 0 Å². The summed E-state index contributed by atoms with van der Waals surface area (Å²) >= 11 is 5.82. The summed E-state index contributed by atoms with van der Waals surface area (Å²) < 4.78 is 66.1. The van der Waals surface area contributed by atoms with Gasteiger partial charge in [-0.15, -0.1) is 12.4 Å². The maximum absolute atomic E-state index is 13.2. The maximum Gasteiger partial charge on any atom is 0.417 e. The maximum atomic E-state index is 13.2. The van der Waals surface area contributed by atoms with Gasteiger partial charge in [0.25, 0.3) is 0 Å². The van der Waals surface area contributed by atoms with E-state index >= 15 is 0 Å². The lowest BCUT2D eigenvalue weighted by Gasteiger charge is -2.32. The third-order valence-corrected chi connectivity index (χ3v) is 6.24. The van der Waals surface area contributed by atoms with Gasteiger partial charge in [0.15, 0.2) is 0 Å². The summed E-state index contributed by atoms with van der Waals surface area (Å²) in [5, 5.41) is 2.56. The second-order valence-corrected chi connectivity index (χ2v) is 7.83. The van der Waals surface area contributed by atoms with Crippen LogP contribution in [0, 0.1) is 5.92 Å². The molecule has 24 heavy (non-hydrogen) atoms. The molecule has 0 aromatic heterocycles. The Balaban J connectivity index is 0.00000288. The van der Waals surface area contributed by atoms with Crippen LogP contribution in [0.3, 0.4) is 0 Å². The lowest BCUT2D eigenvalue weighted by atomic mass is 10.00. The van der Waals surface area contributed by atoms with Crippen molar-refractivity contribution in [1.82, 2.24) is 9.62 Å². The molecular formula is C14H19Cl2F3N2O2S. The Morgan fingerprint density at radius 2 is 2.04 bits per heavy atom. The van der Waals surface area contributed by atoms with Crippen LogP contribution in [-0.4, -0.2) is 39.4 Å². The van der Waals surface area contributed by atoms with Crippen LogP contribution >= 0.6 is 24.0 Å². The molecule has 0 bridgehead atoms. The SMILES string of the molecule is CNCC1CCCN(S(=O)(=O)c2c(Cl)cccc2C(F)(F)F)C1.Cl. The zero-order valence-electron chi connectivity index (χ0n) is 12.9. The largest absolute Gasteiger partial charge is 0.417 e. The first kappa shape index (κ1) is 21.5. The monoisotopic (exact) mass is 406 g/mol. The quantitative estimate of drug-likeness (QED) is 0.833. The van der Waals surface area contributed by atoms with Gasteiger partial charge in [0, 0.05) is 13.1 Å². The predicted molar refractivity (Wildman–Crippen MR) is 89.1 cm³/mol. The lowest BCUT2D eigenvalue weighted by Crippen LogP contribution is -2.43. The van der Waals surface area contributed by atoms with Crippen LogP contribution in [-0.2, 0) is 16.2 Å². The predicted octanol–water partition coefficient (Wildman–Crippen LogP) is 3.40. The average molecular weight is 407 g/mol. The van der Waals surface area contributed by atoms with E-state index in [4.69, 9.17) is 11.6 Å². The van der Waals surface area contributed by atoms with E-state index in [0.29, 0.717) is 13.0 Å². The van der Waals surface area contributed by atoms with Crippen LogP contribution in [0.15, 0.2) is 23.1 Å². The number of piperidine rings is 1. The third kappa shape index (κ3) is 4.54. The van der Waals surface area contributed by atoms with Gasteiger partial charge in [-0.3, -0.25) is 0 Å². The average Bonchev–Trinajstić information content (AvgIpc) is 2.46. The molecule has 138 valence electrons. The number of rotatable bonds is 4. The van der Waals surface area contributed by atoms with Crippen LogP contribution in [0.5, 0.6) is 0 Å². The smallest absolute Gasteiger partial charge is 0.319 e. The number of benzene rings is 1. The van der Waals surface area contributed by atoms with Gasteiger partial charge in [-0.05, 0) is 44.5 Å². The fraction of sp³-hybridized carbons (Fsp3) is 0.571. The van der Waals surface area contributed by atoms with Crippen molar-refractivity contribution in [2.24, 2.45) is 5.92 Å². The van der Waals surface area contributed by atoms with Crippen molar-refractivity contribution >= 4 is 34.0 Å². The molecule has 1 unspecified atom stereocenters. The van der Waals surface area contributed by atoms with Gasteiger partial charge < -0.3 is 5.32 Å². The first-order valence-electron chi connectivity index (χ1n) is 7.18. The Hall–Kier alpha value is -0.540. The van der Waals surface area contributed by atoms with Crippen molar-refractivity contribution in [2.75, 3.05) is 26.7 Å². The Kier molecular flexibility index (Phi) is 7.37. The van der Waals surface area contributed by atoms with E-state index in [9.17, 15) is 21.6 Å². The highest BCUT2D eigenvalue weighted by Gasteiger charge is 2.41. The highest BCUT2D eigenvalue weighted by molar-refractivity contribution is 7.89. The molecule has 1 aliphatic heterocycles. The number of halogens is 5. The van der Waals surface area contributed by atoms with Crippen LogP contribution in [0.25, 0.3) is 0 Å². The van der Waals surface area contributed by atoms with E-state index in [1.54, 1.807) is 7.05 Å². The highest BCUT2D eigenvalue weighted by atomic mass is 35.5. The molecule has 0 amide bonds. The summed E-state index contributed by atoms with van der Waals surface area (Å²) in [6.45, 7) is 0.997. The van der Waals surface area contributed by atoms with Crippen LogP contribution in [0.2, 0.25) is 5.02 Å². The standard InChI is InChI=1S/C14H18ClF3N2O2S.ClH/c1-19-8-10-4-3-7-20(9-10)23(21,22)13-11(14(16,17)18)5-2-6-12(13)15;/h2,5-6,10,19H,3-4,7-9H2,1H3;1H. The molecule has 0 radical (unpaired) electrons. The molecule has 0 spiro atoms. The summed E-state index contributed by atoms with van der Waals surface area (Å²) in [6.07, 6.45) is -3.34. The number of nitrogens with one attached hydrogen (secondary N) is 1. The van der Waals surface area contributed by atoms with Gasteiger partial charge in [-0.1, -0.05) is 17.7 Å². The number of hydrogen-bond acceptors (Lipinski definition) is 3. The fourth-order valence-corrected chi connectivity index (χ4v) is 5.10. The molecule has 4 nitrogen and oxygen atoms in total. The van der Waals surface area contributed by atoms with E-state index in [0.717, 1.165) is 22.9 Å². The summed E-state index contributed by atoms with van der Waals surface area (Å²) in [5.41, 5.74) is -1.22. The Bertz CT molecular complexity index is 666. The van der Waals surface area contributed by atoms with Crippen LogP contribution in [0.1, 0.15) is 18.4 Å². The molecule has 1 aliphatic rings. The van der Waals surface area contributed by atoms with Crippen LogP contribution in [0.4, 0.5) is 13.2 Å². The molecule has 1 saturated heterocycles. The summed E-state index contributed by atoms with van der Waals surface area (Å²) in [6, 6.07) is 3.01. The number of sulfonamides is 1. The summed E-state index contributed by atoms with van der Waals surface area (Å²) in [4.78, 5) is -0.848. The van der Waals surface area contributed by atoms with Crippen LogP contribution < -0.4 is 5.32 Å². The first-order valence-corrected chi connectivity index (χ1v) is 9.00. The van der Waals surface area contributed by atoms with Gasteiger partial charge in [-0.25, -0.2) is 8.42 Å². The van der Waals surface area contributed by atoms with E-state index in [1.807, 2.05) is 0 Å². The summed E-state index contributed by atoms with van der Waals surface area (Å²) in [5.74, 6) is 0.0698. The Labute approximate surface area is 150 Å². The molecule has 1 aromatic carbocycles. The third-order valence-electron chi connectivity index (χ3n) is 3.84. The van der Waals surface area contributed by atoms with Crippen molar-refractivity contribution in [3.8, 4) is 0 Å². The Morgan fingerprint density at radius 1 is 1.38 bits per heavy atom. The molecule has 0 aliphatic carbocycles. The molecule has 10 heteroatoms.